The first-order chi connectivity index (χ1) is 10.5. The second kappa shape index (κ2) is 6.91. The fourth-order valence-corrected chi connectivity index (χ4v) is 1.86. The molecule has 0 spiro atoms. The summed E-state index contributed by atoms with van der Waals surface area (Å²) in [5, 5.41) is 9.16. The predicted molar refractivity (Wildman–Crippen MR) is 83.8 cm³/mol. The van der Waals surface area contributed by atoms with E-state index < -0.39 is 5.97 Å². The van der Waals surface area contributed by atoms with Gasteiger partial charge in [0.25, 0.3) is 0 Å². The van der Waals surface area contributed by atoms with E-state index in [9.17, 15) is 9.59 Å². The molecule has 0 aliphatic carbocycles. The number of ketones is 1. The number of aryl methyl sites for hydroxylation is 1. The average Bonchev–Trinajstić information content (AvgIpc) is 2.49. The number of carbonyl (C=O) groups excluding carboxylic acids is 1. The van der Waals surface area contributed by atoms with E-state index in [-0.39, 0.29) is 5.78 Å². The smallest absolute Gasteiger partial charge is 0.328 e. The van der Waals surface area contributed by atoms with E-state index in [4.69, 9.17) is 21.4 Å². The first kappa shape index (κ1) is 15.8. The van der Waals surface area contributed by atoms with Gasteiger partial charge < -0.3 is 9.84 Å². The topological polar surface area (TPSA) is 63.6 Å². The van der Waals surface area contributed by atoms with Crippen molar-refractivity contribution in [3.8, 4) is 11.5 Å². The Kier molecular flexibility index (Phi) is 4.96. The van der Waals surface area contributed by atoms with Crippen molar-refractivity contribution in [3.05, 3.63) is 70.8 Å². The van der Waals surface area contributed by atoms with Gasteiger partial charge >= 0.3 is 5.97 Å². The Balaban J connectivity index is 2.10. The van der Waals surface area contributed by atoms with Crippen LogP contribution in [0.15, 0.2) is 54.6 Å². The molecule has 2 rings (SSSR count). The summed E-state index contributed by atoms with van der Waals surface area (Å²) in [6.07, 6.45) is 1.82. The molecule has 0 fully saturated rings. The monoisotopic (exact) mass is 316 g/mol. The van der Waals surface area contributed by atoms with Crippen LogP contribution in [0.2, 0.25) is 5.02 Å². The van der Waals surface area contributed by atoms with Crippen LogP contribution in [0.3, 0.4) is 0 Å². The van der Waals surface area contributed by atoms with Gasteiger partial charge in [-0.15, -0.1) is 0 Å². The number of rotatable bonds is 5. The third-order valence-corrected chi connectivity index (χ3v) is 3.31. The third kappa shape index (κ3) is 4.20. The van der Waals surface area contributed by atoms with Crippen LogP contribution in [0.5, 0.6) is 11.5 Å². The first-order valence-electron chi connectivity index (χ1n) is 6.45. The van der Waals surface area contributed by atoms with E-state index >= 15 is 0 Å². The minimum absolute atomic E-state index is 0.378. The summed E-state index contributed by atoms with van der Waals surface area (Å²) < 4.78 is 5.67. The Hall–Kier alpha value is -2.59. The van der Waals surface area contributed by atoms with Gasteiger partial charge in [-0.2, -0.15) is 0 Å². The lowest BCUT2D eigenvalue weighted by Crippen LogP contribution is -1.96. The highest BCUT2D eigenvalue weighted by molar-refractivity contribution is 6.31. The summed E-state index contributed by atoms with van der Waals surface area (Å²) >= 11 is 5.95. The lowest BCUT2D eigenvalue weighted by molar-refractivity contribution is -0.131. The van der Waals surface area contributed by atoms with Crippen LogP contribution in [-0.2, 0) is 4.79 Å². The Morgan fingerprint density at radius 1 is 1.05 bits per heavy atom. The Labute approximate surface area is 132 Å². The van der Waals surface area contributed by atoms with Crippen LogP contribution in [0.25, 0.3) is 0 Å². The molecular weight excluding hydrogens is 304 g/mol. The molecule has 0 radical (unpaired) electrons. The molecule has 0 saturated carbocycles. The Morgan fingerprint density at radius 2 is 1.68 bits per heavy atom. The van der Waals surface area contributed by atoms with Crippen molar-refractivity contribution in [2.45, 2.75) is 6.92 Å². The normalized spacial score (nSPS) is 10.6. The number of benzene rings is 2. The molecule has 0 unspecified atom stereocenters. The zero-order chi connectivity index (χ0) is 16.1. The Morgan fingerprint density at radius 3 is 2.27 bits per heavy atom. The van der Waals surface area contributed by atoms with Crippen molar-refractivity contribution in [1.82, 2.24) is 0 Å². The quantitative estimate of drug-likeness (QED) is 0.661. The summed E-state index contributed by atoms with van der Waals surface area (Å²) in [6.45, 7) is 1.88. The molecule has 22 heavy (non-hydrogen) atoms. The molecule has 0 amide bonds. The third-order valence-electron chi connectivity index (χ3n) is 2.88. The van der Waals surface area contributed by atoms with Crippen molar-refractivity contribution >= 4 is 23.4 Å². The molecule has 5 heteroatoms. The van der Waals surface area contributed by atoms with E-state index in [1.54, 1.807) is 36.4 Å². The second-order valence-corrected chi connectivity index (χ2v) is 4.98. The highest BCUT2D eigenvalue weighted by Gasteiger charge is 2.04. The molecule has 2 aromatic carbocycles. The molecule has 0 saturated heterocycles. The lowest BCUT2D eigenvalue weighted by atomic mass is 10.1. The van der Waals surface area contributed by atoms with Gasteiger partial charge in [-0.25, -0.2) is 4.79 Å². The average molecular weight is 317 g/mol. The van der Waals surface area contributed by atoms with Crippen LogP contribution in [0.1, 0.15) is 15.9 Å². The van der Waals surface area contributed by atoms with Crippen LogP contribution in [-0.4, -0.2) is 16.9 Å². The minimum Gasteiger partial charge on any atom is -0.478 e. The maximum Gasteiger partial charge on any atom is 0.328 e. The van der Waals surface area contributed by atoms with Crippen LogP contribution in [0.4, 0.5) is 0 Å². The van der Waals surface area contributed by atoms with E-state index in [1.165, 1.54) is 0 Å². The molecule has 0 aromatic heterocycles. The summed E-state index contributed by atoms with van der Waals surface area (Å²) in [7, 11) is 0. The lowest BCUT2D eigenvalue weighted by Gasteiger charge is -2.07. The maximum atomic E-state index is 11.7. The highest BCUT2D eigenvalue weighted by atomic mass is 35.5. The summed E-state index contributed by atoms with van der Waals surface area (Å²) in [5.74, 6) is -0.324. The summed E-state index contributed by atoms with van der Waals surface area (Å²) in [6, 6.07) is 11.8. The number of allylic oxidation sites excluding steroid dienone is 1. The fourth-order valence-electron chi connectivity index (χ4n) is 1.75. The van der Waals surface area contributed by atoms with Crippen molar-refractivity contribution < 1.29 is 19.4 Å². The van der Waals surface area contributed by atoms with Crippen molar-refractivity contribution in [2.24, 2.45) is 0 Å². The SMILES string of the molecule is Cc1cc(Oc2ccc(C(=O)/C=C/C(=O)O)cc2)ccc1Cl. The van der Waals surface area contributed by atoms with E-state index in [1.807, 2.05) is 13.0 Å². The molecule has 112 valence electrons. The van der Waals surface area contributed by atoms with Gasteiger partial charge in [-0.1, -0.05) is 11.6 Å². The van der Waals surface area contributed by atoms with Crippen molar-refractivity contribution in [3.63, 3.8) is 0 Å². The molecule has 0 bridgehead atoms. The maximum absolute atomic E-state index is 11.7. The van der Waals surface area contributed by atoms with Crippen molar-refractivity contribution in [2.75, 3.05) is 0 Å². The molecule has 0 aliphatic rings. The molecule has 0 heterocycles. The number of carbonyl (C=O) groups is 2. The van der Waals surface area contributed by atoms with Gasteiger partial charge in [0, 0.05) is 16.7 Å². The van der Waals surface area contributed by atoms with Gasteiger partial charge in [0.15, 0.2) is 5.78 Å². The largest absolute Gasteiger partial charge is 0.478 e. The van der Waals surface area contributed by atoms with E-state index in [2.05, 4.69) is 0 Å². The van der Waals surface area contributed by atoms with Gasteiger partial charge in [0.2, 0.25) is 0 Å². The number of ether oxygens (including phenoxy) is 1. The van der Waals surface area contributed by atoms with Gasteiger partial charge in [0.05, 0.1) is 0 Å². The standard InChI is InChI=1S/C17H13ClO4/c1-11-10-14(6-7-15(11)18)22-13-4-2-12(3-5-13)16(19)8-9-17(20)21/h2-10H,1H3,(H,20,21)/b9-8+. The van der Waals surface area contributed by atoms with E-state index in [0.29, 0.717) is 22.1 Å². The second-order valence-electron chi connectivity index (χ2n) is 4.57. The van der Waals surface area contributed by atoms with Gasteiger partial charge in [0.1, 0.15) is 11.5 Å². The van der Waals surface area contributed by atoms with Crippen LogP contribution in [0, 0.1) is 6.92 Å². The van der Waals surface area contributed by atoms with Crippen molar-refractivity contribution in [1.29, 1.82) is 0 Å². The van der Waals surface area contributed by atoms with E-state index in [0.717, 1.165) is 17.7 Å². The van der Waals surface area contributed by atoms with Crippen LogP contribution >= 0.6 is 11.6 Å². The first-order valence-corrected chi connectivity index (χ1v) is 6.83. The molecule has 0 atom stereocenters. The highest BCUT2D eigenvalue weighted by Crippen LogP contribution is 2.26. The number of hydrogen-bond donors (Lipinski definition) is 1. The summed E-state index contributed by atoms with van der Waals surface area (Å²) in [4.78, 5) is 22.1. The fraction of sp³-hybridized carbons (Fsp3) is 0.0588. The molecule has 0 aliphatic heterocycles. The molecular formula is C17H13ClO4. The summed E-state index contributed by atoms with van der Waals surface area (Å²) in [5.41, 5.74) is 1.29. The number of hydrogen-bond acceptors (Lipinski definition) is 3. The molecule has 1 N–H and O–H groups in total. The zero-order valence-electron chi connectivity index (χ0n) is 11.7. The Bertz CT molecular complexity index is 733. The number of halogens is 1. The van der Waals surface area contributed by atoms with Gasteiger partial charge in [-0.05, 0) is 61.0 Å². The number of carboxylic acids is 1. The predicted octanol–water partition coefficient (Wildman–Crippen LogP) is 4.26. The molecule has 4 nitrogen and oxygen atoms in total. The minimum atomic E-state index is -1.16. The number of aliphatic carboxylic acids is 1. The molecule has 2 aromatic rings. The zero-order valence-corrected chi connectivity index (χ0v) is 12.5. The van der Waals surface area contributed by atoms with Crippen LogP contribution < -0.4 is 4.74 Å². The van der Waals surface area contributed by atoms with Gasteiger partial charge in [-0.3, -0.25) is 4.79 Å². The number of carboxylic acid groups (broad SMARTS) is 1.